The lowest BCUT2D eigenvalue weighted by atomic mass is 10.2. The molecule has 1 aromatic heterocycles. The zero-order valence-electron chi connectivity index (χ0n) is 13.5. The third kappa shape index (κ3) is 4.57. The molecule has 2 N–H and O–H groups in total. The normalized spacial score (nSPS) is 11.3. The van der Waals surface area contributed by atoms with Crippen LogP contribution in [0.3, 0.4) is 0 Å². The number of nitrogens with one attached hydrogen (secondary N) is 2. The van der Waals surface area contributed by atoms with Gasteiger partial charge in [-0.25, -0.2) is 9.07 Å². The number of tetrazole rings is 1. The molecule has 3 aromatic rings. The Bertz CT molecular complexity index is 942. The highest BCUT2D eigenvalue weighted by molar-refractivity contribution is 5.93. The van der Waals surface area contributed by atoms with Gasteiger partial charge in [0.15, 0.2) is 0 Å². The Morgan fingerprint density at radius 2 is 1.93 bits per heavy atom. The molecule has 0 radical (unpaired) electrons. The van der Waals surface area contributed by atoms with Crippen LogP contribution in [0.1, 0.15) is 5.56 Å². The predicted octanol–water partition coefficient (Wildman–Crippen LogP) is 2.87. The van der Waals surface area contributed by atoms with Crippen molar-refractivity contribution in [3.05, 3.63) is 60.2 Å². The Morgan fingerprint density at radius 3 is 2.63 bits per heavy atom. The van der Waals surface area contributed by atoms with E-state index >= 15 is 0 Å². The molecule has 1 amide bonds. The van der Waals surface area contributed by atoms with Crippen LogP contribution in [0.2, 0.25) is 0 Å². The molecule has 0 fully saturated rings. The first-order valence-electron chi connectivity index (χ1n) is 7.57. The molecular formula is C16H12F4N6O. The third-order valence-electron chi connectivity index (χ3n) is 3.47. The van der Waals surface area contributed by atoms with Crippen LogP contribution in [0, 0.1) is 5.82 Å². The fraction of sp³-hybridized carbons (Fsp3) is 0.125. The number of aromatic nitrogens is 4. The number of hydrogen-bond acceptors (Lipinski definition) is 5. The molecule has 0 aliphatic heterocycles. The number of benzene rings is 2. The van der Waals surface area contributed by atoms with E-state index in [0.717, 1.165) is 6.07 Å². The van der Waals surface area contributed by atoms with Crippen LogP contribution in [-0.2, 0) is 11.0 Å². The van der Waals surface area contributed by atoms with Crippen molar-refractivity contribution in [2.24, 2.45) is 0 Å². The number of halogens is 4. The molecule has 0 saturated carbocycles. The summed E-state index contributed by atoms with van der Waals surface area (Å²) in [5, 5.41) is 15.9. The maximum Gasteiger partial charge on any atom is 0.419 e. The molecule has 0 spiro atoms. The summed E-state index contributed by atoms with van der Waals surface area (Å²) in [6, 6.07) is 9.10. The van der Waals surface area contributed by atoms with Gasteiger partial charge in [-0.15, -0.1) is 5.10 Å². The second-order valence-corrected chi connectivity index (χ2v) is 5.40. The Labute approximate surface area is 150 Å². The van der Waals surface area contributed by atoms with Crippen LogP contribution < -0.4 is 10.6 Å². The van der Waals surface area contributed by atoms with Crippen molar-refractivity contribution in [3.63, 3.8) is 0 Å². The summed E-state index contributed by atoms with van der Waals surface area (Å²) in [5.41, 5.74) is -0.368. The zero-order chi connectivity index (χ0) is 19.4. The predicted molar refractivity (Wildman–Crippen MR) is 87.7 cm³/mol. The van der Waals surface area contributed by atoms with Gasteiger partial charge in [0.25, 0.3) is 0 Å². The van der Waals surface area contributed by atoms with E-state index in [9.17, 15) is 22.4 Å². The van der Waals surface area contributed by atoms with Gasteiger partial charge in [0.05, 0.1) is 17.8 Å². The topological polar surface area (TPSA) is 84.7 Å². The molecule has 0 saturated heterocycles. The molecular weight excluding hydrogens is 368 g/mol. The van der Waals surface area contributed by atoms with Crippen LogP contribution in [0.5, 0.6) is 0 Å². The number of rotatable bonds is 5. The van der Waals surface area contributed by atoms with E-state index in [1.165, 1.54) is 11.0 Å². The van der Waals surface area contributed by atoms with E-state index in [1.54, 1.807) is 24.3 Å². The average Bonchev–Trinajstić information content (AvgIpc) is 3.16. The van der Waals surface area contributed by atoms with Gasteiger partial charge in [0.1, 0.15) is 12.1 Å². The second kappa shape index (κ2) is 7.40. The Hall–Kier alpha value is -3.50. The standard InChI is InChI=1S/C16H12F4N6O/c17-14-5-4-11(7-13(14)16(18,19)20)23-15(27)8-21-10-2-1-3-12(6-10)26-9-22-24-25-26/h1-7,9,21H,8H2,(H,23,27). The molecule has 11 heteroatoms. The van der Waals surface area contributed by atoms with Crippen molar-refractivity contribution in [2.75, 3.05) is 17.2 Å². The SMILES string of the molecule is O=C(CNc1cccc(-n2cnnn2)c1)Nc1ccc(F)c(C(F)(F)F)c1. The highest BCUT2D eigenvalue weighted by atomic mass is 19.4. The largest absolute Gasteiger partial charge is 0.419 e. The number of anilines is 2. The van der Waals surface area contributed by atoms with Crippen molar-refractivity contribution in [1.29, 1.82) is 0 Å². The highest BCUT2D eigenvalue weighted by Crippen LogP contribution is 2.32. The second-order valence-electron chi connectivity index (χ2n) is 5.40. The fourth-order valence-corrected chi connectivity index (χ4v) is 2.25. The lowest BCUT2D eigenvalue weighted by Gasteiger charge is -2.12. The number of carbonyl (C=O) groups is 1. The van der Waals surface area contributed by atoms with Crippen molar-refractivity contribution in [3.8, 4) is 5.69 Å². The molecule has 7 nitrogen and oxygen atoms in total. The maximum atomic E-state index is 13.3. The fourth-order valence-electron chi connectivity index (χ4n) is 2.25. The van der Waals surface area contributed by atoms with Gasteiger partial charge in [0.2, 0.25) is 5.91 Å². The summed E-state index contributed by atoms with van der Waals surface area (Å²) >= 11 is 0. The quantitative estimate of drug-likeness (QED) is 0.665. The summed E-state index contributed by atoms with van der Waals surface area (Å²) in [5.74, 6) is -2.00. The summed E-state index contributed by atoms with van der Waals surface area (Å²) in [6.45, 7) is -0.211. The molecule has 0 bridgehead atoms. The van der Waals surface area contributed by atoms with Crippen LogP contribution in [-0.4, -0.2) is 32.7 Å². The van der Waals surface area contributed by atoms with Crippen LogP contribution in [0.4, 0.5) is 28.9 Å². The van der Waals surface area contributed by atoms with Crippen LogP contribution in [0.25, 0.3) is 5.69 Å². The number of amides is 1. The third-order valence-corrected chi connectivity index (χ3v) is 3.47. The molecule has 1 heterocycles. The summed E-state index contributed by atoms with van der Waals surface area (Å²) < 4.78 is 52.8. The van der Waals surface area contributed by atoms with E-state index in [4.69, 9.17) is 0 Å². The van der Waals surface area contributed by atoms with Gasteiger partial charge in [-0.05, 0) is 46.8 Å². The molecule has 140 valence electrons. The van der Waals surface area contributed by atoms with E-state index < -0.39 is 23.5 Å². The number of hydrogen-bond donors (Lipinski definition) is 2. The van der Waals surface area contributed by atoms with E-state index in [0.29, 0.717) is 23.5 Å². The minimum Gasteiger partial charge on any atom is -0.376 e. The van der Waals surface area contributed by atoms with Gasteiger partial charge in [-0.1, -0.05) is 6.07 Å². The summed E-state index contributed by atoms with van der Waals surface area (Å²) in [6.07, 6.45) is -3.45. The van der Waals surface area contributed by atoms with Gasteiger partial charge in [0, 0.05) is 11.4 Å². The van der Waals surface area contributed by atoms with Crippen LogP contribution in [0.15, 0.2) is 48.8 Å². The minimum atomic E-state index is -4.85. The number of alkyl halides is 3. The first-order valence-corrected chi connectivity index (χ1v) is 7.57. The lowest BCUT2D eigenvalue weighted by molar-refractivity contribution is -0.140. The molecule has 0 atom stereocenters. The minimum absolute atomic E-state index is 0.155. The molecule has 0 aliphatic carbocycles. The molecule has 27 heavy (non-hydrogen) atoms. The summed E-state index contributed by atoms with van der Waals surface area (Å²) in [7, 11) is 0. The van der Waals surface area contributed by atoms with Gasteiger partial charge >= 0.3 is 6.18 Å². The van der Waals surface area contributed by atoms with Crippen molar-refractivity contribution < 1.29 is 22.4 Å². The highest BCUT2D eigenvalue weighted by Gasteiger charge is 2.34. The molecule has 3 rings (SSSR count). The summed E-state index contributed by atoms with van der Waals surface area (Å²) in [4.78, 5) is 12.0. The molecule has 2 aromatic carbocycles. The average molecular weight is 380 g/mol. The van der Waals surface area contributed by atoms with E-state index in [1.807, 2.05) is 0 Å². The Morgan fingerprint density at radius 1 is 1.11 bits per heavy atom. The van der Waals surface area contributed by atoms with E-state index in [2.05, 4.69) is 26.2 Å². The number of carbonyl (C=O) groups excluding carboxylic acids is 1. The first kappa shape index (κ1) is 18.3. The van der Waals surface area contributed by atoms with Crippen LogP contribution >= 0.6 is 0 Å². The Balaban J connectivity index is 1.63. The maximum absolute atomic E-state index is 13.3. The number of nitrogens with zero attached hydrogens (tertiary/aromatic N) is 4. The van der Waals surface area contributed by atoms with Crippen molar-refractivity contribution in [2.45, 2.75) is 6.18 Å². The monoisotopic (exact) mass is 380 g/mol. The van der Waals surface area contributed by atoms with Gasteiger partial charge in [-0.3, -0.25) is 4.79 Å². The van der Waals surface area contributed by atoms with Crippen molar-refractivity contribution in [1.82, 2.24) is 20.2 Å². The smallest absolute Gasteiger partial charge is 0.376 e. The first-order chi connectivity index (χ1) is 12.8. The molecule has 0 aliphatic rings. The molecule has 0 unspecified atom stereocenters. The van der Waals surface area contributed by atoms with Crippen molar-refractivity contribution >= 4 is 17.3 Å². The van der Waals surface area contributed by atoms with E-state index in [-0.39, 0.29) is 12.2 Å². The lowest BCUT2D eigenvalue weighted by Crippen LogP contribution is -2.22. The van der Waals surface area contributed by atoms with Gasteiger partial charge < -0.3 is 10.6 Å². The Kier molecular flexibility index (Phi) is 5.01. The van der Waals surface area contributed by atoms with Gasteiger partial charge in [-0.2, -0.15) is 13.2 Å². The zero-order valence-corrected chi connectivity index (χ0v) is 13.5.